The lowest BCUT2D eigenvalue weighted by molar-refractivity contribution is -0.182. The van der Waals surface area contributed by atoms with Crippen LogP contribution in [-0.4, -0.2) is 17.3 Å². The zero-order chi connectivity index (χ0) is 18.6. The van der Waals surface area contributed by atoms with E-state index in [1.54, 1.807) is 18.2 Å². The van der Waals surface area contributed by atoms with E-state index >= 15 is 0 Å². The molecule has 0 spiro atoms. The molecule has 2 aromatic carbocycles. The summed E-state index contributed by atoms with van der Waals surface area (Å²) in [6.45, 7) is 1.88. The van der Waals surface area contributed by atoms with Gasteiger partial charge in [-0.25, -0.2) is 0 Å². The number of hydrogen-bond donors (Lipinski definition) is 1. The maximum absolute atomic E-state index is 12.9. The van der Waals surface area contributed by atoms with Gasteiger partial charge in [0.2, 0.25) is 0 Å². The quantitative estimate of drug-likeness (QED) is 0.652. The minimum Gasteiger partial charge on any atom is -0.481 e. The van der Waals surface area contributed by atoms with Crippen LogP contribution < -0.4 is 4.74 Å². The van der Waals surface area contributed by atoms with Crippen LogP contribution in [0, 0.1) is 12.8 Å². The first-order valence-corrected chi connectivity index (χ1v) is 8.26. The molecule has 0 aliphatic heterocycles. The zero-order valence-electron chi connectivity index (χ0n) is 13.3. The smallest absolute Gasteiger partial charge is 0.392 e. The second-order valence-corrected chi connectivity index (χ2v) is 6.50. The topological polar surface area (TPSA) is 46.5 Å². The molecule has 0 saturated heterocycles. The summed E-state index contributed by atoms with van der Waals surface area (Å²) in [5, 5.41) is 8.66. The van der Waals surface area contributed by atoms with Crippen molar-refractivity contribution < 1.29 is 27.8 Å². The number of carbonyl (C=O) groups is 1. The van der Waals surface area contributed by atoms with E-state index in [1.807, 2.05) is 19.1 Å². The fourth-order valence-corrected chi connectivity index (χ4v) is 2.67. The van der Waals surface area contributed by atoms with Crippen molar-refractivity contribution >= 4 is 21.9 Å². The van der Waals surface area contributed by atoms with Crippen LogP contribution in [-0.2, 0) is 11.2 Å². The van der Waals surface area contributed by atoms with Crippen molar-refractivity contribution in [2.75, 3.05) is 0 Å². The Labute approximate surface area is 151 Å². The first-order chi connectivity index (χ1) is 11.7. The molecule has 0 saturated carbocycles. The number of alkyl halides is 3. The number of hydrogen-bond acceptors (Lipinski definition) is 2. The molecule has 3 nitrogen and oxygen atoms in total. The molecule has 0 fully saturated rings. The molecule has 1 N–H and O–H groups in total. The van der Waals surface area contributed by atoms with Crippen molar-refractivity contribution in [3.8, 4) is 11.5 Å². The van der Waals surface area contributed by atoms with Gasteiger partial charge in [0, 0.05) is 10.0 Å². The van der Waals surface area contributed by atoms with Gasteiger partial charge in [0.05, 0.1) is 12.3 Å². The van der Waals surface area contributed by atoms with Gasteiger partial charge >= 0.3 is 12.1 Å². The van der Waals surface area contributed by atoms with Crippen LogP contribution in [0.1, 0.15) is 17.5 Å². The Bertz CT molecular complexity index is 742. The van der Waals surface area contributed by atoms with Crippen molar-refractivity contribution in [3.63, 3.8) is 0 Å². The Morgan fingerprint density at radius 1 is 1.20 bits per heavy atom. The van der Waals surface area contributed by atoms with Crippen molar-refractivity contribution in [1.29, 1.82) is 0 Å². The Kier molecular flexibility index (Phi) is 6.11. The molecule has 7 heteroatoms. The summed E-state index contributed by atoms with van der Waals surface area (Å²) in [4.78, 5) is 10.6. The molecule has 1 atom stereocenters. The lowest BCUT2D eigenvalue weighted by Gasteiger charge is -2.18. The zero-order valence-corrected chi connectivity index (χ0v) is 14.9. The highest BCUT2D eigenvalue weighted by Gasteiger charge is 2.40. The number of carboxylic acids is 1. The number of aliphatic carboxylic acids is 1. The number of rotatable bonds is 6. The van der Waals surface area contributed by atoms with E-state index in [4.69, 9.17) is 9.84 Å². The SMILES string of the molecule is Cc1c(Br)cccc1Oc1ccc(C[C@@H](CC(=O)O)C(F)(F)F)cc1. The third-order valence-corrected chi connectivity index (χ3v) is 4.59. The average Bonchev–Trinajstić information content (AvgIpc) is 2.51. The molecule has 0 aromatic heterocycles. The largest absolute Gasteiger partial charge is 0.481 e. The summed E-state index contributed by atoms with van der Waals surface area (Å²) in [6.07, 6.45) is -5.88. The Hall–Kier alpha value is -2.02. The predicted octanol–water partition coefficient (Wildman–Crippen LogP) is 5.75. The van der Waals surface area contributed by atoms with Crippen LogP contribution in [0.25, 0.3) is 0 Å². The molecule has 25 heavy (non-hydrogen) atoms. The lowest BCUT2D eigenvalue weighted by Crippen LogP contribution is -2.27. The van der Waals surface area contributed by atoms with E-state index in [0.29, 0.717) is 17.1 Å². The van der Waals surface area contributed by atoms with Crippen LogP contribution in [0.3, 0.4) is 0 Å². The van der Waals surface area contributed by atoms with Gasteiger partial charge < -0.3 is 9.84 Å². The van der Waals surface area contributed by atoms with E-state index in [1.165, 1.54) is 12.1 Å². The van der Waals surface area contributed by atoms with Gasteiger partial charge in [0.1, 0.15) is 11.5 Å². The molecule has 134 valence electrons. The maximum atomic E-state index is 12.9. The van der Waals surface area contributed by atoms with Crippen LogP contribution in [0.5, 0.6) is 11.5 Å². The van der Waals surface area contributed by atoms with Crippen LogP contribution >= 0.6 is 15.9 Å². The first kappa shape index (κ1) is 19.3. The minimum atomic E-state index is -4.55. The highest BCUT2D eigenvalue weighted by Crippen LogP contribution is 2.33. The summed E-state index contributed by atoms with van der Waals surface area (Å²) in [6, 6.07) is 11.7. The second-order valence-electron chi connectivity index (χ2n) is 5.65. The summed E-state index contributed by atoms with van der Waals surface area (Å²) in [5.41, 5.74) is 1.31. The van der Waals surface area contributed by atoms with Crippen LogP contribution in [0.2, 0.25) is 0 Å². The van der Waals surface area contributed by atoms with Crippen molar-refractivity contribution in [3.05, 3.63) is 58.1 Å². The van der Waals surface area contributed by atoms with Gasteiger partial charge in [0.25, 0.3) is 0 Å². The van der Waals surface area contributed by atoms with E-state index in [0.717, 1.165) is 10.0 Å². The number of halogens is 4. The number of ether oxygens (including phenoxy) is 1. The fraction of sp³-hybridized carbons (Fsp3) is 0.278. The van der Waals surface area contributed by atoms with Gasteiger partial charge in [-0.15, -0.1) is 0 Å². The molecule has 0 unspecified atom stereocenters. The summed E-state index contributed by atoms with van der Waals surface area (Å²) < 4.78 is 45.4. The van der Waals surface area contributed by atoms with Crippen LogP contribution in [0.4, 0.5) is 13.2 Å². The van der Waals surface area contributed by atoms with Gasteiger partial charge in [-0.2, -0.15) is 13.2 Å². The second kappa shape index (κ2) is 7.91. The molecule has 2 aromatic rings. The fourth-order valence-electron chi connectivity index (χ4n) is 2.32. The third kappa shape index (κ3) is 5.49. The van der Waals surface area contributed by atoms with Gasteiger partial charge in [-0.3, -0.25) is 4.79 Å². The van der Waals surface area contributed by atoms with Gasteiger partial charge in [-0.1, -0.05) is 34.1 Å². The highest BCUT2D eigenvalue weighted by atomic mass is 79.9. The summed E-state index contributed by atoms with van der Waals surface area (Å²) >= 11 is 3.40. The van der Waals surface area contributed by atoms with Crippen molar-refractivity contribution in [2.45, 2.75) is 25.9 Å². The van der Waals surface area contributed by atoms with E-state index in [2.05, 4.69) is 15.9 Å². The molecule has 0 aliphatic rings. The van der Waals surface area contributed by atoms with E-state index in [-0.39, 0.29) is 6.42 Å². The predicted molar refractivity (Wildman–Crippen MR) is 90.9 cm³/mol. The number of benzene rings is 2. The monoisotopic (exact) mass is 416 g/mol. The molecule has 0 heterocycles. The minimum absolute atomic E-state index is 0.383. The molecule has 0 bridgehead atoms. The Balaban J connectivity index is 2.11. The standard InChI is InChI=1S/C18H16BrF3O3/c1-11-15(19)3-2-4-16(11)25-14-7-5-12(6-8-14)9-13(10-17(23)24)18(20,21)22/h2-8,13H,9-10H2,1H3,(H,23,24)/t13-/m0/s1. The molecule has 0 radical (unpaired) electrons. The van der Waals surface area contributed by atoms with E-state index in [9.17, 15) is 18.0 Å². The molecule has 0 aliphatic carbocycles. The average molecular weight is 417 g/mol. The van der Waals surface area contributed by atoms with Gasteiger partial charge in [0.15, 0.2) is 0 Å². The Morgan fingerprint density at radius 2 is 1.84 bits per heavy atom. The molecular weight excluding hydrogens is 401 g/mol. The number of carboxylic acid groups (broad SMARTS) is 1. The molecule has 0 amide bonds. The first-order valence-electron chi connectivity index (χ1n) is 7.47. The summed E-state index contributed by atoms with van der Waals surface area (Å²) in [7, 11) is 0. The normalized spacial score (nSPS) is 12.7. The molecule has 2 rings (SSSR count). The van der Waals surface area contributed by atoms with E-state index < -0.39 is 24.5 Å². The molecular formula is C18H16BrF3O3. The van der Waals surface area contributed by atoms with Crippen LogP contribution in [0.15, 0.2) is 46.9 Å². The highest BCUT2D eigenvalue weighted by molar-refractivity contribution is 9.10. The van der Waals surface area contributed by atoms with Gasteiger partial charge in [-0.05, 0) is 43.2 Å². The van der Waals surface area contributed by atoms with Crippen molar-refractivity contribution in [2.24, 2.45) is 5.92 Å². The Morgan fingerprint density at radius 3 is 2.40 bits per heavy atom. The third-order valence-electron chi connectivity index (χ3n) is 3.74. The maximum Gasteiger partial charge on any atom is 0.392 e. The summed E-state index contributed by atoms with van der Waals surface area (Å²) in [5.74, 6) is -2.25. The van der Waals surface area contributed by atoms with Crippen molar-refractivity contribution in [1.82, 2.24) is 0 Å². The lowest BCUT2D eigenvalue weighted by atomic mass is 9.95.